The molecule has 1 fully saturated rings. The Hall–Kier alpha value is -3.21. The fraction of sp³-hybridized carbons (Fsp3) is 0.433. The third kappa shape index (κ3) is 5.39. The van der Waals surface area contributed by atoms with Crippen molar-refractivity contribution in [2.24, 2.45) is 5.92 Å². The number of benzene rings is 2. The summed E-state index contributed by atoms with van der Waals surface area (Å²) in [5, 5.41) is 4.23. The van der Waals surface area contributed by atoms with Gasteiger partial charge in [0, 0.05) is 34.2 Å². The van der Waals surface area contributed by atoms with Crippen molar-refractivity contribution in [3.8, 4) is 22.6 Å². The lowest BCUT2D eigenvalue weighted by atomic mass is 9.86. The van der Waals surface area contributed by atoms with E-state index in [1.807, 2.05) is 52.0 Å². The second-order valence-electron chi connectivity index (χ2n) is 9.50. The van der Waals surface area contributed by atoms with Crippen LogP contribution in [0.25, 0.3) is 27.7 Å². The lowest BCUT2D eigenvalue weighted by Gasteiger charge is -2.29. The summed E-state index contributed by atoms with van der Waals surface area (Å²) >= 11 is 0. The lowest BCUT2D eigenvalue weighted by molar-refractivity contribution is -0.117. The molecule has 1 aliphatic carbocycles. The maximum Gasteiger partial charge on any atom is 0.244 e. The number of carbonyl (C=O) groups excluding carboxylic acids is 1. The SMILES string of the molecule is CCOc1ccc(-c2coc3c(C)c(OCC)c(/C(C)=C/C(=O)NC4CCCCC4C)cc23)cc1. The van der Waals surface area contributed by atoms with Crippen LogP contribution in [0.3, 0.4) is 0 Å². The smallest absolute Gasteiger partial charge is 0.244 e. The molecule has 1 N–H and O–H groups in total. The summed E-state index contributed by atoms with van der Waals surface area (Å²) in [6.45, 7) is 11.3. The van der Waals surface area contributed by atoms with Gasteiger partial charge in [-0.1, -0.05) is 31.9 Å². The van der Waals surface area contributed by atoms with E-state index in [-0.39, 0.29) is 11.9 Å². The molecule has 35 heavy (non-hydrogen) atoms. The Morgan fingerprint density at radius 3 is 2.51 bits per heavy atom. The summed E-state index contributed by atoms with van der Waals surface area (Å²) in [5.41, 5.74) is 5.58. The topological polar surface area (TPSA) is 60.7 Å². The number of amides is 1. The minimum absolute atomic E-state index is 0.0413. The molecule has 2 atom stereocenters. The summed E-state index contributed by atoms with van der Waals surface area (Å²) in [6.07, 6.45) is 8.16. The number of fused-ring (bicyclic) bond motifs is 1. The quantitative estimate of drug-likeness (QED) is 0.347. The Balaban J connectivity index is 1.71. The molecule has 0 radical (unpaired) electrons. The van der Waals surface area contributed by atoms with E-state index in [2.05, 4.69) is 18.3 Å². The zero-order chi connectivity index (χ0) is 24.9. The average molecular weight is 476 g/mol. The first-order chi connectivity index (χ1) is 16.9. The van der Waals surface area contributed by atoms with Crippen molar-refractivity contribution in [2.75, 3.05) is 13.2 Å². The molecule has 5 heteroatoms. The molecule has 5 nitrogen and oxygen atoms in total. The zero-order valence-electron chi connectivity index (χ0n) is 21.6. The second-order valence-corrected chi connectivity index (χ2v) is 9.50. The van der Waals surface area contributed by atoms with E-state index < -0.39 is 0 Å². The third-order valence-electron chi connectivity index (χ3n) is 7.02. The minimum atomic E-state index is -0.0413. The Labute approximate surface area is 208 Å². The Morgan fingerprint density at radius 1 is 1.11 bits per heavy atom. The van der Waals surface area contributed by atoms with E-state index in [0.29, 0.717) is 19.1 Å². The van der Waals surface area contributed by atoms with E-state index in [4.69, 9.17) is 13.9 Å². The van der Waals surface area contributed by atoms with E-state index >= 15 is 0 Å². The monoisotopic (exact) mass is 475 g/mol. The van der Waals surface area contributed by atoms with Crippen LogP contribution in [-0.4, -0.2) is 25.2 Å². The molecule has 3 aromatic rings. The molecule has 0 saturated heterocycles. The fourth-order valence-electron chi connectivity index (χ4n) is 5.09. The van der Waals surface area contributed by atoms with E-state index in [9.17, 15) is 4.79 Å². The largest absolute Gasteiger partial charge is 0.494 e. The normalized spacial score (nSPS) is 18.5. The van der Waals surface area contributed by atoms with Gasteiger partial charge in [0.25, 0.3) is 0 Å². The summed E-state index contributed by atoms with van der Waals surface area (Å²) < 4.78 is 17.7. The zero-order valence-corrected chi connectivity index (χ0v) is 21.6. The van der Waals surface area contributed by atoms with Crippen LogP contribution in [0.15, 0.2) is 47.1 Å². The Bertz CT molecular complexity index is 1210. The molecular formula is C30H37NO4. The first-order valence-electron chi connectivity index (χ1n) is 12.8. The van der Waals surface area contributed by atoms with Gasteiger partial charge >= 0.3 is 0 Å². The summed E-state index contributed by atoms with van der Waals surface area (Å²) in [6, 6.07) is 10.4. The van der Waals surface area contributed by atoms with Gasteiger partial charge in [-0.15, -0.1) is 0 Å². The molecule has 0 aliphatic heterocycles. The molecule has 186 valence electrons. The number of furan rings is 1. The lowest BCUT2D eigenvalue weighted by Crippen LogP contribution is -2.40. The van der Waals surface area contributed by atoms with Crippen LogP contribution in [0.4, 0.5) is 0 Å². The van der Waals surface area contributed by atoms with E-state index in [1.54, 1.807) is 12.3 Å². The van der Waals surface area contributed by atoms with Crippen molar-refractivity contribution >= 4 is 22.4 Å². The predicted molar refractivity (Wildman–Crippen MR) is 142 cm³/mol. The molecule has 1 amide bonds. The highest BCUT2D eigenvalue weighted by Gasteiger charge is 2.23. The van der Waals surface area contributed by atoms with Gasteiger partial charge in [0.1, 0.15) is 17.1 Å². The number of aryl methyl sites for hydroxylation is 1. The molecule has 4 rings (SSSR count). The number of hydrogen-bond acceptors (Lipinski definition) is 4. The molecule has 2 aromatic carbocycles. The van der Waals surface area contributed by atoms with E-state index in [0.717, 1.165) is 56.7 Å². The molecule has 0 bridgehead atoms. The van der Waals surface area contributed by atoms with E-state index in [1.165, 1.54) is 19.3 Å². The van der Waals surface area contributed by atoms with Gasteiger partial charge in [-0.2, -0.15) is 0 Å². The average Bonchev–Trinajstić information content (AvgIpc) is 3.27. The van der Waals surface area contributed by atoms with Gasteiger partial charge in [0.2, 0.25) is 5.91 Å². The van der Waals surface area contributed by atoms with Crippen LogP contribution >= 0.6 is 0 Å². The number of carbonyl (C=O) groups is 1. The number of rotatable bonds is 8. The highest BCUT2D eigenvalue weighted by Crippen LogP contribution is 2.41. The molecule has 2 unspecified atom stereocenters. The highest BCUT2D eigenvalue weighted by atomic mass is 16.5. The Kier molecular flexibility index (Phi) is 7.84. The van der Waals surface area contributed by atoms with Crippen molar-refractivity contribution < 1.29 is 18.7 Å². The maximum atomic E-state index is 12.9. The standard InChI is InChI=1S/C30H37NO4/c1-6-33-23-14-12-22(13-15-23)26-18-35-30-21(5)29(34-7-2)24(17-25(26)30)20(4)16-28(32)31-27-11-9-8-10-19(27)3/h12-19,27H,6-11H2,1-5H3,(H,31,32)/b20-16+. The number of nitrogens with one attached hydrogen (secondary N) is 1. The summed E-state index contributed by atoms with van der Waals surface area (Å²) in [7, 11) is 0. The van der Waals surface area contributed by atoms with Gasteiger partial charge < -0.3 is 19.2 Å². The predicted octanol–water partition coefficient (Wildman–Crippen LogP) is 7.30. The second kappa shape index (κ2) is 11.0. The highest BCUT2D eigenvalue weighted by molar-refractivity contribution is 6.01. The maximum absolute atomic E-state index is 12.9. The summed E-state index contributed by atoms with van der Waals surface area (Å²) in [5.74, 6) is 2.08. The van der Waals surface area contributed by atoms with Crippen molar-refractivity contribution in [3.05, 3.63) is 53.8 Å². The van der Waals surface area contributed by atoms with Gasteiger partial charge in [0.05, 0.1) is 19.5 Å². The van der Waals surface area contributed by atoms with Gasteiger partial charge in [-0.05, 0) is 75.8 Å². The molecule has 1 heterocycles. The van der Waals surface area contributed by atoms with Crippen molar-refractivity contribution in [1.82, 2.24) is 5.32 Å². The van der Waals surface area contributed by atoms with Gasteiger partial charge in [-0.25, -0.2) is 0 Å². The summed E-state index contributed by atoms with van der Waals surface area (Å²) in [4.78, 5) is 12.9. The molecule has 1 saturated carbocycles. The molecular weight excluding hydrogens is 438 g/mol. The number of allylic oxidation sites excluding steroid dienone is 1. The van der Waals surface area contributed by atoms with Crippen LogP contribution in [-0.2, 0) is 4.79 Å². The first kappa shape index (κ1) is 24.9. The van der Waals surface area contributed by atoms with Gasteiger partial charge in [-0.3, -0.25) is 4.79 Å². The third-order valence-corrected chi connectivity index (χ3v) is 7.02. The van der Waals surface area contributed by atoms with Crippen LogP contribution in [0, 0.1) is 12.8 Å². The van der Waals surface area contributed by atoms with Crippen LogP contribution in [0.2, 0.25) is 0 Å². The van der Waals surface area contributed by atoms with Gasteiger partial charge in [0.15, 0.2) is 0 Å². The fourth-order valence-corrected chi connectivity index (χ4v) is 5.09. The molecule has 0 spiro atoms. The molecule has 1 aromatic heterocycles. The number of ether oxygens (including phenoxy) is 2. The van der Waals surface area contributed by atoms with Crippen LogP contribution in [0.1, 0.15) is 64.5 Å². The molecule has 1 aliphatic rings. The van der Waals surface area contributed by atoms with Crippen molar-refractivity contribution in [1.29, 1.82) is 0 Å². The Morgan fingerprint density at radius 2 is 1.83 bits per heavy atom. The first-order valence-corrected chi connectivity index (χ1v) is 12.8. The van der Waals surface area contributed by atoms with Crippen molar-refractivity contribution in [2.45, 2.75) is 66.3 Å². The minimum Gasteiger partial charge on any atom is -0.494 e. The van der Waals surface area contributed by atoms with Crippen LogP contribution < -0.4 is 14.8 Å². The van der Waals surface area contributed by atoms with Crippen molar-refractivity contribution in [3.63, 3.8) is 0 Å². The van der Waals surface area contributed by atoms with Crippen LogP contribution in [0.5, 0.6) is 11.5 Å². The number of hydrogen-bond donors (Lipinski definition) is 1.